The molecule has 2 heterocycles. The molecule has 4 nitrogen and oxygen atoms in total. The van der Waals surface area contributed by atoms with Gasteiger partial charge in [0, 0.05) is 82.5 Å². The molecule has 0 aliphatic carbocycles. The average molecular weight is 711 g/mol. The van der Waals surface area contributed by atoms with Gasteiger partial charge in [-0.05, 0) is 24.4 Å². The Kier molecular flexibility index (Phi) is 80.4. The first-order chi connectivity index (χ1) is 16.8. The van der Waals surface area contributed by atoms with E-state index in [9.17, 15) is 0 Å². The summed E-state index contributed by atoms with van der Waals surface area (Å²) in [5.74, 6) is 0. The Morgan fingerprint density at radius 3 is 1.18 bits per heavy atom. The molecule has 2 radical (unpaired) electrons. The normalized spacial score (nSPS) is 6.69. The number of benzene rings is 2. The van der Waals surface area contributed by atoms with E-state index in [1.54, 1.807) is 18.5 Å². The van der Waals surface area contributed by atoms with Gasteiger partial charge in [0.1, 0.15) is 0 Å². The summed E-state index contributed by atoms with van der Waals surface area (Å²) in [7, 11) is 0. The van der Waals surface area contributed by atoms with Crippen molar-refractivity contribution in [2.75, 3.05) is 0 Å². The van der Waals surface area contributed by atoms with Crippen LogP contribution >= 0.6 is 11.6 Å². The first-order valence-corrected chi connectivity index (χ1v) is 13.3. The molecule has 0 saturated heterocycles. The number of hydrogen-bond donors (Lipinski definition) is 0. The predicted molar refractivity (Wildman–Crippen MR) is 178 cm³/mol. The van der Waals surface area contributed by atoms with Crippen molar-refractivity contribution < 1.29 is 65.4 Å². The van der Waals surface area contributed by atoms with Gasteiger partial charge in [0.25, 0.3) is 0 Å². The van der Waals surface area contributed by atoms with E-state index in [1.165, 1.54) is 0 Å². The van der Waals surface area contributed by atoms with Gasteiger partial charge in [0.2, 0.25) is 0 Å². The number of pyridine rings is 2. The molecule has 7 heteroatoms. The van der Waals surface area contributed by atoms with Gasteiger partial charge in [-0.3, -0.25) is 9.97 Å². The van der Waals surface area contributed by atoms with Gasteiger partial charge in [0.15, 0.2) is 0 Å². The first kappa shape index (κ1) is 62.2. The molecule has 4 aromatic rings. The van der Waals surface area contributed by atoms with Crippen molar-refractivity contribution in [1.82, 2.24) is 9.97 Å². The summed E-state index contributed by atoms with van der Waals surface area (Å²) < 4.78 is 0. The van der Waals surface area contributed by atoms with Crippen LogP contribution in [-0.4, -0.2) is 9.97 Å². The van der Waals surface area contributed by atoms with Crippen molar-refractivity contribution in [1.29, 1.82) is 0 Å². The largest absolute Gasteiger partial charge is 0.693 e. The molecular formula is C32H57ClN4Y2-4. The monoisotopic (exact) mass is 710 g/mol. The Hall–Kier alpha value is -0.452. The van der Waals surface area contributed by atoms with Crippen molar-refractivity contribution >= 4 is 33.4 Å². The van der Waals surface area contributed by atoms with Gasteiger partial charge in [-0.15, -0.1) is 17.5 Å². The molecule has 0 amide bonds. The van der Waals surface area contributed by atoms with Crippen LogP contribution in [0.25, 0.3) is 34.1 Å². The fraction of sp³-hybridized carbons (Fsp3) is 0.375. The first-order valence-electron chi connectivity index (χ1n) is 12.9. The minimum Gasteiger partial charge on any atom is -0.693 e. The molecule has 2 aromatic heterocycles. The van der Waals surface area contributed by atoms with E-state index in [0.29, 0.717) is 0 Å². The maximum Gasteiger partial charge on any atom is 0.0716 e. The fourth-order valence-electron chi connectivity index (χ4n) is 2.22. The standard InChI is InChI=1S/C10H8N.C9H6ClN.6C2H6.CH3.2H2N.2Y/c1-8-6-7-11-10-5-3-2-4-9(8)10;10-8-5-6-11-9-4-2-1-3-7(8)9;6*1-2;;;;;/h2-7H,1H2;1-6H;6*1-2H3;1H3;2*1H2;;/q-1;;;;;;;;3*-1;;. The molecule has 2 aromatic carbocycles. The third kappa shape index (κ3) is 27.5. The molecule has 222 valence electrons. The van der Waals surface area contributed by atoms with Crippen LogP contribution in [0.2, 0.25) is 5.02 Å². The van der Waals surface area contributed by atoms with Crippen molar-refractivity contribution in [3.63, 3.8) is 0 Å². The van der Waals surface area contributed by atoms with Crippen LogP contribution < -0.4 is 0 Å². The molecular weight excluding hydrogens is 654 g/mol. The third-order valence-electron chi connectivity index (χ3n) is 3.34. The Balaban J connectivity index is -0.0000000437. The molecule has 0 atom stereocenters. The number of aromatic nitrogens is 2. The van der Waals surface area contributed by atoms with E-state index in [2.05, 4.69) is 16.9 Å². The van der Waals surface area contributed by atoms with Crippen LogP contribution in [0, 0.1) is 14.4 Å². The van der Waals surface area contributed by atoms with Crippen LogP contribution in [0.15, 0.2) is 73.1 Å². The van der Waals surface area contributed by atoms with E-state index in [1.807, 2.05) is 138 Å². The predicted octanol–water partition coefficient (Wildman–Crippen LogP) is 13.3. The molecule has 0 aliphatic heterocycles. The zero-order valence-corrected chi connectivity index (χ0v) is 33.6. The van der Waals surface area contributed by atoms with Gasteiger partial charge in [-0.25, -0.2) is 0 Å². The number of nitrogens with zero attached hydrogens (tertiary/aromatic N) is 2. The molecule has 39 heavy (non-hydrogen) atoms. The molecule has 0 saturated carbocycles. The van der Waals surface area contributed by atoms with E-state index in [4.69, 9.17) is 11.6 Å². The third-order valence-corrected chi connectivity index (χ3v) is 3.66. The van der Waals surface area contributed by atoms with Gasteiger partial charge >= 0.3 is 0 Å². The second kappa shape index (κ2) is 50.4. The van der Waals surface area contributed by atoms with Crippen molar-refractivity contribution in [3.05, 3.63) is 110 Å². The van der Waals surface area contributed by atoms with Crippen LogP contribution in [-0.2, 0) is 65.4 Å². The number of para-hydroxylation sites is 2. The van der Waals surface area contributed by atoms with Crippen LogP contribution in [0.4, 0.5) is 0 Å². The summed E-state index contributed by atoms with van der Waals surface area (Å²) in [5.41, 5.74) is 3.00. The van der Waals surface area contributed by atoms with Gasteiger partial charge in [-0.2, -0.15) is 12.5 Å². The summed E-state index contributed by atoms with van der Waals surface area (Å²) >= 11 is 5.92. The summed E-state index contributed by atoms with van der Waals surface area (Å²) in [6.45, 7) is 27.9. The Labute approximate surface area is 299 Å². The fourth-order valence-corrected chi connectivity index (χ4v) is 2.43. The summed E-state index contributed by atoms with van der Waals surface area (Å²) in [6, 6.07) is 19.5. The molecule has 4 rings (SSSR count). The Morgan fingerprint density at radius 2 is 0.821 bits per heavy atom. The van der Waals surface area contributed by atoms with Crippen LogP contribution in [0.3, 0.4) is 0 Å². The number of hydrogen-bond acceptors (Lipinski definition) is 2. The quantitative estimate of drug-likeness (QED) is 0.170. The number of halogens is 1. The van der Waals surface area contributed by atoms with Gasteiger partial charge in [-0.1, -0.05) is 125 Å². The topological polar surface area (TPSA) is 92.8 Å². The van der Waals surface area contributed by atoms with Crippen molar-refractivity contribution in [3.8, 4) is 0 Å². The van der Waals surface area contributed by atoms with E-state index in [-0.39, 0.29) is 85.1 Å². The maximum atomic E-state index is 5.92. The maximum absolute atomic E-state index is 5.92. The Bertz CT molecular complexity index is 852. The van der Waals surface area contributed by atoms with E-state index >= 15 is 0 Å². The van der Waals surface area contributed by atoms with Crippen LogP contribution in [0.5, 0.6) is 0 Å². The minimum absolute atomic E-state index is 0. The average Bonchev–Trinajstić information content (AvgIpc) is 2.96. The molecule has 0 bridgehead atoms. The second-order valence-electron chi connectivity index (χ2n) is 4.80. The Morgan fingerprint density at radius 1 is 0.513 bits per heavy atom. The summed E-state index contributed by atoms with van der Waals surface area (Å²) in [4.78, 5) is 8.36. The minimum atomic E-state index is 0. The number of rotatable bonds is 0. The molecule has 0 unspecified atom stereocenters. The number of fused-ring (bicyclic) bond motifs is 2. The summed E-state index contributed by atoms with van der Waals surface area (Å²) in [6.07, 6.45) is 3.50. The van der Waals surface area contributed by atoms with E-state index < -0.39 is 0 Å². The second-order valence-corrected chi connectivity index (χ2v) is 5.20. The van der Waals surface area contributed by atoms with Crippen molar-refractivity contribution in [2.24, 2.45) is 0 Å². The smallest absolute Gasteiger partial charge is 0.0716 e. The summed E-state index contributed by atoms with van der Waals surface area (Å²) in [5, 5.41) is 2.90. The molecule has 4 N–H and O–H groups in total. The van der Waals surface area contributed by atoms with E-state index in [0.717, 1.165) is 32.4 Å². The SMILES string of the molecule is CC.CC.CC.CC.CC.CC.Clc1ccnc2ccccc12.[CH2-]c1ccnc2ccccc12.[CH3-].[NH2-].[NH2-].[Y].[Y]. The molecule has 0 fully saturated rings. The molecule has 0 aliphatic rings. The van der Waals surface area contributed by atoms with Gasteiger partial charge in [0.05, 0.1) is 10.5 Å². The van der Waals surface area contributed by atoms with Crippen molar-refractivity contribution in [2.45, 2.75) is 83.1 Å². The number of nitrogens with two attached hydrogens (primary N) is 2. The van der Waals surface area contributed by atoms with Gasteiger partial charge < -0.3 is 19.7 Å². The van der Waals surface area contributed by atoms with Crippen LogP contribution in [0.1, 0.15) is 88.6 Å². The zero-order valence-electron chi connectivity index (χ0n) is 27.2. The molecule has 0 spiro atoms. The zero-order chi connectivity index (χ0) is 27.4.